The Morgan fingerprint density at radius 1 is 1.23 bits per heavy atom. The van der Waals surface area contributed by atoms with E-state index in [1.54, 1.807) is 18.2 Å². The number of fused-ring (bicyclic) bond motifs is 1. The summed E-state index contributed by atoms with van der Waals surface area (Å²) in [4.78, 5) is 41.5. The maximum absolute atomic E-state index is 12.4. The van der Waals surface area contributed by atoms with Crippen LogP contribution in [0.25, 0.3) is 0 Å². The molecule has 1 unspecified atom stereocenters. The molecule has 1 aromatic heterocycles. The van der Waals surface area contributed by atoms with Gasteiger partial charge >= 0.3 is 5.69 Å². The van der Waals surface area contributed by atoms with Crippen molar-refractivity contribution in [2.45, 2.75) is 12.7 Å². The molecule has 1 aromatic carbocycles. The molecule has 0 bridgehead atoms. The molecule has 26 heavy (non-hydrogen) atoms. The molecule has 0 amide bonds. The van der Waals surface area contributed by atoms with Crippen LogP contribution in [0.15, 0.2) is 32.9 Å². The highest BCUT2D eigenvalue weighted by Crippen LogP contribution is 2.24. The molecule has 3 rings (SSSR count). The van der Waals surface area contributed by atoms with Crippen LogP contribution in [0.2, 0.25) is 10.0 Å². The van der Waals surface area contributed by atoms with Crippen molar-refractivity contribution in [3.05, 3.63) is 60.2 Å². The zero-order chi connectivity index (χ0) is 19.0. The SMILES string of the molecule is Cn1c2c(c(=O)n(C)c1=O)C(=O)C(/C=N/OCc1ccc(Cl)cc1Cl)O2. The Morgan fingerprint density at radius 3 is 2.65 bits per heavy atom. The summed E-state index contributed by atoms with van der Waals surface area (Å²) in [5.74, 6) is -0.673. The van der Waals surface area contributed by atoms with Crippen LogP contribution in [-0.2, 0) is 25.5 Å². The van der Waals surface area contributed by atoms with Gasteiger partial charge in [0.1, 0.15) is 12.2 Å². The topological polar surface area (TPSA) is 91.9 Å². The Kier molecular flexibility index (Phi) is 4.88. The number of aromatic nitrogens is 2. The molecule has 0 saturated heterocycles. The van der Waals surface area contributed by atoms with Crippen LogP contribution in [0, 0.1) is 0 Å². The number of oxime groups is 1. The second-order valence-electron chi connectivity index (χ2n) is 5.55. The van der Waals surface area contributed by atoms with Crippen LogP contribution in [0.5, 0.6) is 5.88 Å². The summed E-state index contributed by atoms with van der Waals surface area (Å²) >= 11 is 11.8. The van der Waals surface area contributed by atoms with Crippen molar-refractivity contribution in [2.24, 2.45) is 19.3 Å². The number of hydrogen-bond donors (Lipinski definition) is 0. The lowest BCUT2D eigenvalue weighted by Gasteiger charge is -2.07. The molecule has 1 atom stereocenters. The van der Waals surface area contributed by atoms with Gasteiger partial charge in [-0.05, 0) is 12.1 Å². The molecule has 0 N–H and O–H groups in total. The van der Waals surface area contributed by atoms with Crippen molar-refractivity contribution in [2.75, 3.05) is 0 Å². The van der Waals surface area contributed by atoms with Crippen LogP contribution in [0.3, 0.4) is 0 Å². The monoisotopic (exact) mass is 397 g/mol. The van der Waals surface area contributed by atoms with E-state index in [4.69, 9.17) is 32.8 Å². The third-order valence-corrected chi connectivity index (χ3v) is 4.45. The lowest BCUT2D eigenvalue weighted by atomic mass is 10.1. The summed E-state index contributed by atoms with van der Waals surface area (Å²) in [5, 5.41) is 4.61. The van der Waals surface area contributed by atoms with Crippen molar-refractivity contribution in [3.8, 4) is 5.88 Å². The van der Waals surface area contributed by atoms with Gasteiger partial charge in [0.25, 0.3) is 5.56 Å². The predicted molar refractivity (Wildman–Crippen MR) is 95.4 cm³/mol. The van der Waals surface area contributed by atoms with Gasteiger partial charge in [-0.3, -0.25) is 18.7 Å². The summed E-state index contributed by atoms with van der Waals surface area (Å²) in [6, 6.07) is 4.92. The van der Waals surface area contributed by atoms with Gasteiger partial charge in [0.15, 0.2) is 0 Å². The molecule has 0 spiro atoms. The number of Topliss-reactive ketones (excluding diaryl/α,β-unsaturated/α-hetero) is 1. The average Bonchev–Trinajstić information content (AvgIpc) is 2.93. The summed E-state index contributed by atoms with van der Waals surface area (Å²) < 4.78 is 7.33. The number of carbonyl (C=O) groups excluding carboxylic acids is 1. The molecule has 1 aliphatic heterocycles. The Bertz CT molecular complexity index is 1040. The van der Waals surface area contributed by atoms with E-state index in [1.807, 2.05) is 0 Å². The van der Waals surface area contributed by atoms with E-state index in [1.165, 1.54) is 14.1 Å². The van der Waals surface area contributed by atoms with E-state index in [2.05, 4.69) is 5.16 Å². The second-order valence-corrected chi connectivity index (χ2v) is 6.40. The third-order valence-electron chi connectivity index (χ3n) is 3.86. The van der Waals surface area contributed by atoms with E-state index >= 15 is 0 Å². The third kappa shape index (κ3) is 3.13. The first kappa shape index (κ1) is 18.2. The highest BCUT2D eigenvalue weighted by molar-refractivity contribution is 6.35. The van der Waals surface area contributed by atoms with Crippen molar-refractivity contribution in [1.82, 2.24) is 9.13 Å². The number of hydrogen-bond acceptors (Lipinski definition) is 6. The van der Waals surface area contributed by atoms with Crippen LogP contribution in [0.1, 0.15) is 15.9 Å². The minimum absolute atomic E-state index is 0.0562. The molecule has 0 saturated carbocycles. The lowest BCUT2D eigenvalue weighted by molar-refractivity contribution is 0.0907. The largest absolute Gasteiger partial charge is 0.460 e. The van der Waals surface area contributed by atoms with Gasteiger partial charge in [0.2, 0.25) is 17.8 Å². The fourth-order valence-electron chi connectivity index (χ4n) is 2.43. The van der Waals surface area contributed by atoms with Gasteiger partial charge in [0, 0.05) is 29.7 Å². The zero-order valence-corrected chi connectivity index (χ0v) is 15.2. The Balaban J connectivity index is 1.74. The molecular formula is C16H13Cl2N3O5. The second kappa shape index (κ2) is 6.97. The first-order chi connectivity index (χ1) is 12.3. The molecule has 2 aromatic rings. The lowest BCUT2D eigenvalue weighted by Crippen LogP contribution is -2.39. The quantitative estimate of drug-likeness (QED) is 0.576. The van der Waals surface area contributed by atoms with E-state index in [0.29, 0.717) is 15.6 Å². The molecule has 136 valence electrons. The fourth-order valence-corrected chi connectivity index (χ4v) is 2.90. The van der Waals surface area contributed by atoms with E-state index < -0.39 is 23.1 Å². The minimum Gasteiger partial charge on any atom is -0.460 e. The Hall–Kier alpha value is -2.58. The van der Waals surface area contributed by atoms with E-state index in [9.17, 15) is 14.4 Å². The van der Waals surface area contributed by atoms with Gasteiger partial charge in [-0.15, -0.1) is 0 Å². The van der Waals surface area contributed by atoms with Gasteiger partial charge < -0.3 is 9.57 Å². The fraction of sp³-hybridized carbons (Fsp3) is 0.250. The summed E-state index contributed by atoms with van der Waals surface area (Å²) in [7, 11) is 2.70. The predicted octanol–water partition coefficient (Wildman–Crippen LogP) is 1.54. The van der Waals surface area contributed by atoms with Gasteiger partial charge in [-0.1, -0.05) is 34.4 Å². The standard InChI is InChI=1S/C16H13Cl2N3O5/c1-20-14(23)12-13(22)11(26-15(12)21(2)16(20)24)6-19-25-7-8-3-4-9(17)5-10(8)18/h3-6,11H,7H2,1-2H3/b19-6+. The first-order valence-electron chi connectivity index (χ1n) is 7.41. The number of carbonyl (C=O) groups is 1. The maximum atomic E-state index is 12.4. The average molecular weight is 398 g/mol. The van der Waals surface area contributed by atoms with Gasteiger partial charge in [0.05, 0.1) is 6.21 Å². The normalized spacial score (nSPS) is 16.0. The number of ketones is 1. The van der Waals surface area contributed by atoms with Crippen molar-refractivity contribution >= 4 is 35.2 Å². The van der Waals surface area contributed by atoms with Crippen molar-refractivity contribution < 1.29 is 14.4 Å². The number of benzene rings is 1. The van der Waals surface area contributed by atoms with Gasteiger partial charge in [-0.25, -0.2) is 4.79 Å². The number of halogens is 2. The van der Waals surface area contributed by atoms with Crippen molar-refractivity contribution in [3.63, 3.8) is 0 Å². The molecular weight excluding hydrogens is 385 g/mol. The van der Waals surface area contributed by atoms with E-state index in [0.717, 1.165) is 15.3 Å². The highest BCUT2D eigenvalue weighted by Gasteiger charge is 2.37. The van der Waals surface area contributed by atoms with E-state index in [-0.39, 0.29) is 18.1 Å². The number of ether oxygens (including phenoxy) is 1. The van der Waals surface area contributed by atoms with Crippen LogP contribution < -0.4 is 16.0 Å². The van der Waals surface area contributed by atoms with Crippen LogP contribution in [-0.4, -0.2) is 27.2 Å². The zero-order valence-electron chi connectivity index (χ0n) is 13.7. The maximum Gasteiger partial charge on any atom is 0.333 e. The van der Waals surface area contributed by atoms with Gasteiger partial charge in [-0.2, -0.15) is 0 Å². The van der Waals surface area contributed by atoms with Crippen molar-refractivity contribution in [1.29, 1.82) is 0 Å². The molecule has 8 nitrogen and oxygen atoms in total. The van der Waals surface area contributed by atoms with Crippen LogP contribution >= 0.6 is 23.2 Å². The Labute approximate surface area is 157 Å². The molecule has 10 heteroatoms. The highest BCUT2D eigenvalue weighted by atomic mass is 35.5. The molecule has 0 radical (unpaired) electrons. The molecule has 0 fully saturated rings. The number of rotatable bonds is 4. The molecule has 0 aliphatic carbocycles. The first-order valence-corrected chi connectivity index (χ1v) is 8.17. The summed E-state index contributed by atoms with van der Waals surface area (Å²) in [5.41, 5.74) is -0.830. The summed E-state index contributed by atoms with van der Waals surface area (Å²) in [6.07, 6.45) is -0.0258. The molecule has 1 aliphatic rings. The Morgan fingerprint density at radius 2 is 1.96 bits per heavy atom. The number of nitrogens with zero attached hydrogens (tertiary/aromatic N) is 3. The van der Waals surface area contributed by atoms with Crippen LogP contribution in [0.4, 0.5) is 0 Å². The summed E-state index contributed by atoms with van der Waals surface area (Å²) in [6.45, 7) is 0.0562. The minimum atomic E-state index is -1.15. The smallest absolute Gasteiger partial charge is 0.333 e. The molecule has 2 heterocycles.